The summed E-state index contributed by atoms with van der Waals surface area (Å²) in [6, 6.07) is 9.56. The maximum absolute atomic E-state index is 15.1. The SMILES string of the molecule is CCCC1CCC(c2ccc(-c3ccc(-c4ccc(OC)c(C(F)(F)F)c4C(F)(F)F)cc3)c(F)c2F)CC1. The van der Waals surface area contributed by atoms with Crippen LogP contribution in [0, 0.1) is 17.6 Å². The van der Waals surface area contributed by atoms with Crippen molar-refractivity contribution in [2.45, 2.75) is 63.7 Å². The highest BCUT2D eigenvalue weighted by Gasteiger charge is 2.47. The Morgan fingerprint density at radius 2 is 1.23 bits per heavy atom. The molecule has 1 saturated carbocycles. The summed E-state index contributed by atoms with van der Waals surface area (Å²) in [5.74, 6) is -2.43. The van der Waals surface area contributed by atoms with E-state index in [1.165, 1.54) is 18.2 Å². The van der Waals surface area contributed by atoms with Crippen LogP contribution in [0.3, 0.4) is 0 Å². The summed E-state index contributed by atoms with van der Waals surface area (Å²) in [6.07, 6.45) is -4.98. The van der Waals surface area contributed by atoms with Crippen molar-refractivity contribution in [2.75, 3.05) is 7.11 Å². The molecule has 0 atom stereocenters. The number of halogens is 8. The van der Waals surface area contributed by atoms with Crippen molar-refractivity contribution >= 4 is 0 Å². The second kappa shape index (κ2) is 11.2. The molecule has 0 N–H and O–H groups in total. The van der Waals surface area contributed by atoms with E-state index >= 15 is 8.78 Å². The molecule has 1 aliphatic carbocycles. The predicted octanol–water partition coefficient (Wildman–Crippen LogP) is 10.4. The molecule has 1 aliphatic rings. The van der Waals surface area contributed by atoms with Gasteiger partial charge < -0.3 is 4.74 Å². The van der Waals surface area contributed by atoms with E-state index in [9.17, 15) is 26.3 Å². The minimum absolute atomic E-state index is 0.0794. The van der Waals surface area contributed by atoms with Gasteiger partial charge in [-0.25, -0.2) is 8.78 Å². The van der Waals surface area contributed by atoms with Crippen LogP contribution in [0.1, 0.15) is 68.1 Å². The molecule has 3 aromatic rings. The van der Waals surface area contributed by atoms with Crippen molar-refractivity contribution in [1.29, 1.82) is 0 Å². The Morgan fingerprint density at radius 1 is 0.692 bits per heavy atom. The molecule has 0 saturated heterocycles. The zero-order valence-corrected chi connectivity index (χ0v) is 21.4. The summed E-state index contributed by atoms with van der Waals surface area (Å²) in [5, 5.41) is 0. The molecule has 1 nitrogen and oxygen atoms in total. The van der Waals surface area contributed by atoms with E-state index < -0.39 is 46.4 Å². The molecule has 0 amide bonds. The molecule has 9 heteroatoms. The summed E-state index contributed by atoms with van der Waals surface area (Å²) >= 11 is 0. The smallest absolute Gasteiger partial charge is 0.420 e. The lowest BCUT2D eigenvalue weighted by Gasteiger charge is -2.29. The average Bonchev–Trinajstić information content (AvgIpc) is 2.89. The second-order valence-electron chi connectivity index (χ2n) is 9.97. The zero-order valence-electron chi connectivity index (χ0n) is 21.4. The third-order valence-corrected chi connectivity index (χ3v) is 7.56. The molecule has 0 heterocycles. The van der Waals surface area contributed by atoms with Crippen LogP contribution in [0.4, 0.5) is 35.1 Å². The van der Waals surface area contributed by atoms with Crippen molar-refractivity contribution < 1.29 is 39.9 Å². The van der Waals surface area contributed by atoms with Crippen LogP contribution >= 0.6 is 0 Å². The topological polar surface area (TPSA) is 9.23 Å². The third-order valence-electron chi connectivity index (χ3n) is 7.56. The van der Waals surface area contributed by atoms with Gasteiger partial charge in [0.1, 0.15) is 11.3 Å². The lowest BCUT2D eigenvalue weighted by Crippen LogP contribution is -2.19. The first-order chi connectivity index (χ1) is 18.4. The van der Waals surface area contributed by atoms with E-state index in [4.69, 9.17) is 0 Å². The van der Waals surface area contributed by atoms with Crippen LogP contribution < -0.4 is 4.74 Å². The van der Waals surface area contributed by atoms with E-state index in [0.717, 1.165) is 69.9 Å². The summed E-state index contributed by atoms with van der Waals surface area (Å²) < 4.78 is 117. The summed E-state index contributed by atoms with van der Waals surface area (Å²) in [5.41, 5.74) is -4.25. The summed E-state index contributed by atoms with van der Waals surface area (Å²) in [4.78, 5) is 0. The quantitative estimate of drug-likeness (QED) is 0.275. The van der Waals surface area contributed by atoms with E-state index in [2.05, 4.69) is 11.7 Å². The van der Waals surface area contributed by atoms with Gasteiger partial charge in [0.2, 0.25) is 0 Å². The monoisotopic (exact) mass is 556 g/mol. The first-order valence-corrected chi connectivity index (χ1v) is 12.8. The van der Waals surface area contributed by atoms with Crippen LogP contribution in [-0.2, 0) is 12.4 Å². The van der Waals surface area contributed by atoms with Gasteiger partial charge in [-0.2, -0.15) is 26.3 Å². The number of hydrogen-bond acceptors (Lipinski definition) is 1. The molecule has 0 aliphatic heterocycles. The molecule has 0 bridgehead atoms. The van der Waals surface area contributed by atoms with E-state index in [1.54, 1.807) is 6.07 Å². The van der Waals surface area contributed by atoms with Gasteiger partial charge >= 0.3 is 12.4 Å². The Morgan fingerprint density at radius 3 is 1.74 bits per heavy atom. The lowest BCUT2D eigenvalue weighted by molar-refractivity contribution is -0.162. The maximum atomic E-state index is 15.1. The van der Waals surface area contributed by atoms with Crippen molar-refractivity contribution in [3.8, 4) is 28.0 Å². The fourth-order valence-corrected chi connectivity index (χ4v) is 5.67. The van der Waals surface area contributed by atoms with Crippen LogP contribution in [0.5, 0.6) is 5.75 Å². The van der Waals surface area contributed by atoms with Gasteiger partial charge in [0.05, 0.1) is 12.7 Å². The predicted molar refractivity (Wildman–Crippen MR) is 133 cm³/mol. The van der Waals surface area contributed by atoms with Crippen molar-refractivity contribution in [2.24, 2.45) is 5.92 Å². The van der Waals surface area contributed by atoms with Gasteiger partial charge in [0, 0.05) is 5.56 Å². The Bertz CT molecular complexity index is 1300. The van der Waals surface area contributed by atoms with Crippen LogP contribution in [-0.4, -0.2) is 7.11 Å². The normalized spacial score (nSPS) is 18.3. The lowest BCUT2D eigenvalue weighted by atomic mass is 9.77. The first kappa shape index (κ1) is 28.9. The van der Waals surface area contributed by atoms with Gasteiger partial charge in [-0.15, -0.1) is 0 Å². The number of ether oxygens (including phenoxy) is 1. The number of hydrogen-bond donors (Lipinski definition) is 0. The fraction of sp³-hybridized carbons (Fsp3) is 0.400. The largest absolute Gasteiger partial charge is 0.496 e. The molecule has 0 unspecified atom stereocenters. The number of alkyl halides is 6. The Hall–Kier alpha value is -3.10. The molecule has 1 fully saturated rings. The van der Waals surface area contributed by atoms with Crippen molar-refractivity contribution in [1.82, 2.24) is 0 Å². The number of benzene rings is 3. The molecule has 0 spiro atoms. The molecule has 0 aromatic heterocycles. The molecule has 4 rings (SSSR count). The van der Waals surface area contributed by atoms with Crippen LogP contribution in [0.2, 0.25) is 0 Å². The first-order valence-electron chi connectivity index (χ1n) is 12.8. The molecule has 0 radical (unpaired) electrons. The highest BCUT2D eigenvalue weighted by atomic mass is 19.4. The molecule has 39 heavy (non-hydrogen) atoms. The highest BCUT2D eigenvalue weighted by molar-refractivity contribution is 5.75. The van der Waals surface area contributed by atoms with E-state index in [-0.39, 0.29) is 22.6 Å². The summed E-state index contributed by atoms with van der Waals surface area (Å²) in [6.45, 7) is 2.12. The highest BCUT2D eigenvalue weighted by Crippen LogP contribution is 2.49. The molecule has 210 valence electrons. The Labute approximate surface area is 221 Å². The van der Waals surface area contributed by atoms with Crippen molar-refractivity contribution in [3.05, 3.63) is 76.9 Å². The Kier molecular flexibility index (Phi) is 8.28. The minimum atomic E-state index is -5.34. The Balaban J connectivity index is 1.68. The van der Waals surface area contributed by atoms with E-state index in [1.807, 2.05) is 0 Å². The van der Waals surface area contributed by atoms with Crippen molar-refractivity contribution in [3.63, 3.8) is 0 Å². The maximum Gasteiger partial charge on any atom is 0.420 e. The number of rotatable bonds is 6. The molecular formula is C30H28F8O. The van der Waals surface area contributed by atoms with Gasteiger partial charge in [-0.1, -0.05) is 62.2 Å². The second-order valence-corrected chi connectivity index (χ2v) is 9.97. The van der Waals surface area contributed by atoms with Gasteiger partial charge in [-0.05, 0) is 65.8 Å². The molecular weight excluding hydrogens is 528 g/mol. The van der Waals surface area contributed by atoms with Crippen LogP contribution in [0.15, 0.2) is 48.5 Å². The van der Waals surface area contributed by atoms with Crippen LogP contribution in [0.25, 0.3) is 22.3 Å². The standard InChI is InChI=1S/C30H28F8O/c1-3-4-17-5-7-19(8-6-17)22-13-14-23(28(32)27(22)31)20-11-9-18(10-12-20)21-15-16-24(39-2)26(30(36,37)38)25(21)29(33,34)35/h9-17,19H,3-8H2,1-2H3. The minimum Gasteiger partial charge on any atom is -0.496 e. The van der Waals surface area contributed by atoms with Gasteiger partial charge in [-0.3, -0.25) is 0 Å². The fourth-order valence-electron chi connectivity index (χ4n) is 5.67. The van der Waals surface area contributed by atoms with Gasteiger partial charge in [0.15, 0.2) is 11.6 Å². The third kappa shape index (κ3) is 5.92. The molecule has 3 aromatic carbocycles. The van der Waals surface area contributed by atoms with Gasteiger partial charge in [0.25, 0.3) is 0 Å². The summed E-state index contributed by atoms with van der Waals surface area (Å²) in [7, 11) is 0.857. The van der Waals surface area contributed by atoms with E-state index in [0.29, 0.717) is 11.5 Å². The number of methoxy groups -OCH3 is 1. The zero-order chi connectivity index (χ0) is 28.5. The average molecular weight is 557 g/mol.